The zero-order valence-corrected chi connectivity index (χ0v) is 18.0. The first-order chi connectivity index (χ1) is 12.9. The number of ether oxygens (including phenoxy) is 1. The highest BCUT2D eigenvalue weighted by Crippen LogP contribution is 2.28. The van der Waals surface area contributed by atoms with Gasteiger partial charge in [-0.05, 0) is 48.6 Å². The van der Waals surface area contributed by atoms with Crippen LogP contribution in [0.15, 0.2) is 42.5 Å². The summed E-state index contributed by atoms with van der Waals surface area (Å²) >= 11 is 7.90. The minimum Gasteiger partial charge on any atom is -0.481 e. The second kappa shape index (κ2) is 10.6. The first kappa shape index (κ1) is 21.6. The number of aryl methyl sites for hydroxylation is 1. The van der Waals surface area contributed by atoms with Crippen LogP contribution in [0.5, 0.6) is 5.75 Å². The van der Waals surface area contributed by atoms with Gasteiger partial charge >= 0.3 is 0 Å². The van der Waals surface area contributed by atoms with Crippen LogP contribution in [0.2, 0.25) is 5.02 Å². The van der Waals surface area contributed by atoms with E-state index in [1.54, 1.807) is 18.7 Å². The molecule has 0 unspecified atom stereocenters. The zero-order valence-electron chi connectivity index (χ0n) is 16.4. The van der Waals surface area contributed by atoms with Crippen LogP contribution in [0.4, 0.5) is 0 Å². The van der Waals surface area contributed by atoms with Crippen molar-refractivity contribution in [2.45, 2.75) is 45.5 Å². The lowest BCUT2D eigenvalue weighted by molar-refractivity contribution is -0.127. The lowest BCUT2D eigenvalue weighted by atomic mass is 10.0. The van der Waals surface area contributed by atoms with Gasteiger partial charge in [0.25, 0.3) is 5.91 Å². The van der Waals surface area contributed by atoms with Gasteiger partial charge in [-0.1, -0.05) is 55.8 Å². The summed E-state index contributed by atoms with van der Waals surface area (Å²) in [6.45, 7) is 8.67. The Kier molecular flexibility index (Phi) is 8.52. The molecule has 2 rings (SSSR count). The van der Waals surface area contributed by atoms with Crippen LogP contribution >= 0.6 is 23.4 Å². The predicted octanol–water partition coefficient (Wildman–Crippen LogP) is 5.59. The number of amides is 1. The van der Waals surface area contributed by atoms with E-state index in [0.29, 0.717) is 12.5 Å². The van der Waals surface area contributed by atoms with Gasteiger partial charge in [-0.2, -0.15) is 11.8 Å². The Morgan fingerprint density at radius 2 is 1.93 bits per heavy atom. The topological polar surface area (TPSA) is 38.3 Å². The Hall–Kier alpha value is -1.65. The van der Waals surface area contributed by atoms with Crippen molar-refractivity contribution in [2.75, 3.05) is 12.3 Å². The highest BCUT2D eigenvalue weighted by atomic mass is 35.5. The van der Waals surface area contributed by atoms with E-state index in [0.717, 1.165) is 39.0 Å². The Labute approximate surface area is 171 Å². The van der Waals surface area contributed by atoms with Crippen molar-refractivity contribution in [3.63, 3.8) is 0 Å². The van der Waals surface area contributed by atoms with Crippen LogP contribution in [0.1, 0.15) is 43.4 Å². The zero-order chi connectivity index (χ0) is 19.8. The monoisotopic (exact) mass is 405 g/mol. The van der Waals surface area contributed by atoms with Crippen molar-refractivity contribution in [1.82, 2.24) is 5.32 Å². The summed E-state index contributed by atoms with van der Waals surface area (Å²) in [5.74, 6) is 2.70. The van der Waals surface area contributed by atoms with Crippen molar-refractivity contribution >= 4 is 29.3 Å². The molecule has 3 nitrogen and oxygen atoms in total. The van der Waals surface area contributed by atoms with Gasteiger partial charge in [0.15, 0.2) is 6.10 Å². The molecule has 0 aliphatic rings. The minimum atomic E-state index is -0.530. The molecule has 0 aliphatic heterocycles. The molecule has 0 aromatic heterocycles. The fourth-order valence-electron chi connectivity index (χ4n) is 2.65. The lowest BCUT2D eigenvalue weighted by Gasteiger charge is -2.19. The normalized spacial score (nSPS) is 12.1. The molecule has 146 valence electrons. The molecule has 0 radical (unpaired) electrons. The smallest absolute Gasteiger partial charge is 0.260 e. The van der Waals surface area contributed by atoms with Gasteiger partial charge < -0.3 is 10.1 Å². The number of hydrogen-bond donors (Lipinski definition) is 1. The molecule has 0 aliphatic carbocycles. The van der Waals surface area contributed by atoms with E-state index >= 15 is 0 Å². The molecule has 1 N–H and O–H groups in total. The van der Waals surface area contributed by atoms with Crippen LogP contribution < -0.4 is 10.1 Å². The van der Waals surface area contributed by atoms with Crippen LogP contribution in [0, 0.1) is 6.92 Å². The van der Waals surface area contributed by atoms with E-state index in [4.69, 9.17) is 16.3 Å². The Balaban J connectivity index is 1.78. The molecule has 0 bridgehead atoms. The van der Waals surface area contributed by atoms with E-state index in [1.807, 2.05) is 37.3 Å². The Morgan fingerprint density at radius 3 is 2.63 bits per heavy atom. The van der Waals surface area contributed by atoms with Gasteiger partial charge in [0.05, 0.1) is 0 Å². The molecule has 0 spiro atoms. The molecule has 5 heteroatoms. The summed E-state index contributed by atoms with van der Waals surface area (Å²) in [5, 5.41) is 3.74. The summed E-state index contributed by atoms with van der Waals surface area (Å²) in [6.07, 6.45) is -0.530. The molecule has 1 atom stereocenters. The highest BCUT2D eigenvalue weighted by molar-refractivity contribution is 7.98. The van der Waals surface area contributed by atoms with E-state index in [-0.39, 0.29) is 5.91 Å². The predicted molar refractivity (Wildman–Crippen MR) is 116 cm³/mol. The maximum Gasteiger partial charge on any atom is 0.260 e. The van der Waals surface area contributed by atoms with Crippen molar-refractivity contribution in [1.29, 1.82) is 0 Å². The van der Waals surface area contributed by atoms with Crippen LogP contribution in [-0.2, 0) is 10.5 Å². The van der Waals surface area contributed by atoms with Crippen molar-refractivity contribution in [2.24, 2.45) is 0 Å². The molecule has 2 aromatic carbocycles. The third-order valence-corrected chi connectivity index (χ3v) is 5.60. The summed E-state index contributed by atoms with van der Waals surface area (Å²) < 4.78 is 5.96. The molecule has 0 fully saturated rings. The van der Waals surface area contributed by atoms with E-state index < -0.39 is 6.10 Å². The maximum atomic E-state index is 12.3. The van der Waals surface area contributed by atoms with E-state index in [1.165, 1.54) is 0 Å². The van der Waals surface area contributed by atoms with Crippen molar-refractivity contribution in [3.8, 4) is 5.75 Å². The lowest BCUT2D eigenvalue weighted by Crippen LogP contribution is -2.37. The van der Waals surface area contributed by atoms with E-state index in [9.17, 15) is 4.79 Å². The largest absolute Gasteiger partial charge is 0.481 e. The SMILES string of the molecule is Cc1ccc(C(C)C)c(O[C@@H](C)C(=O)NCCSCc2ccccc2Cl)c1. The van der Waals surface area contributed by atoms with Gasteiger partial charge in [0.2, 0.25) is 0 Å². The third-order valence-electron chi connectivity index (χ3n) is 4.23. The fraction of sp³-hybridized carbons (Fsp3) is 0.409. The first-order valence-corrected chi connectivity index (χ1v) is 10.8. The van der Waals surface area contributed by atoms with Crippen molar-refractivity contribution < 1.29 is 9.53 Å². The number of carbonyl (C=O) groups is 1. The van der Waals surface area contributed by atoms with Crippen LogP contribution in [-0.4, -0.2) is 24.3 Å². The fourth-order valence-corrected chi connectivity index (χ4v) is 3.80. The molecule has 27 heavy (non-hydrogen) atoms. The number of nitrogens with one attached hydrogen (secondary N) is 1. The quantitative estimate of drug-likeness (QED) is 0.552. The highest BCUT2D eigenvalue weighted by Gasteiger charge is 2.17. The van der Waals surface area contributed by atoms with Crippen molar-refractivity contribution in [3.05, 3.63) is 64.2 Å². The standard InChI is InChI=1S/C22H28ClNO2S/c1-15(2)19-10-9-16(3)13-21(19)26-17(4)22(25)24-11-12-27-14-18-7-5-6-8-20(18)23/h5-10,13,15,17H,11-12,14H2,1-4H3,(H,24,25)/t17-/m0/s1. The summed E-state index contributed by atoms with van der Waals surface area (Å²) in [4.78, 5) is 12.3. The van der Waals surface area contributed by atoms with Gasteiger partial charge in [-0.3, -0.25) is 4.79 Å². The molecular formula is C22H28ClNO2S. The molecule has 0 heterocycles. The summed E-state index contributed by atoms with van der Waals surface area (Å²) in [6, 6.07) is 14.0. The molecular weight excluding hydrogens is 378 g/mol. The number of carbonyl (C=O) groups excluding carboxylic acids is 1. The number of thioether (sulfide) groups is 1. The minimum absolute atomic E-state index is 0.0930. The van der Waals surface area contributed by atoms with Crippen LogP contribution in [0.3, 0.4) is 0 Å². The Bertz CT molecular complexity index is 764. The third kappa shape index (κ3) is 6.78. The Morgan fingerprint density at radius 1 is 1.19 bits per heavy atom. The van der Waals surface area contributed by atoms with Gasteiger partial charge in [-0.25, -0.2) is 0 Å². The number of hydrogen-bond acceptors (Lipinski definition) is 3. The average Bonchev–Trinajstić information content (AvgIpc) is 2.62. The maximum absolute atomic E-state index is 12.3. The second-order valence-corrected chi connectivity index (χ2v) is 8.40. The molecule has 0 saturated carbocycles. The number of benzene rings is 2. The van der Waals surface area contributed by atoms with Gasteiger partial charge in [0, 0.05) is 23.1 Å². The van der Waals surface area contributed by atoms with Gasteiger partial charge in [-0.15, -0.1) is 0 Å². The second-order valence-electron chi connectivity index (χ2n) is 6.89. The number of rotatable bonds is 9. The van der Waals surface area contributed by atoms with Crippen LogP contribution in [0.25, 0.3) is 0 Å². The van der Waals surface area contributed by atoms with Gasteiger partial charge in [0.1, 0.15) is 5.75 Å². The molecule has 2 aromatic rings. The molecule has 0 saturated heterocycles. The van der Waals surface area contributed by atoms with E-state index in [2.05, 4.69) is 31.3 Å². The number of halogens is 1. The summed E-state index contributed by atoms with van der Waals surface area (Å²) in [5.41, 5.74) is 3.36. The summed E-state index contributed by atoms with van der Waals surface area (Å²) in [7, 11) is 0. The first-order valence-electron chi connectivity index (χ1n) is 9.24. The average molecular weight is 406 g/mol. The molecule has 1 amide bonds.